The van der Waals surface area contributed by atoms with Crippen LogP contribution in [0.15, 0.2) is 15.6 Å². The molecular weight excluding hydrogens is 432 g/mol. The summed E-state index contributed by atoms with van der Waals surface area (Å²) in [5.74, 6) is 1.88. The monoisotopic (exact) mass is 460 g/mol. The second-order valence-electron chi connectivity index (χ2n) is 9.35. The van der Waals surface area contributed by atoms with E-state index >= 15 is 0 Å². The summed E-state index contributed by atoms with van der Waals surface area (Å²) >= 11 is 8.31. The molecule has 1 heterocycles. The van der Waals surface area contributed by atoms with Crippen LogP contribution in [-0.4, -0.2) is 11.5 Å². The lowest BCUT2D eigenvalue weighted by molar-refractivity contribution is -0.106. The van der Waals surface area contributed by atoms with E-state index < -0.39 is 5.60 Å². The third kappa shape index (κ3) is 3.38. The van der Waals surface area contributed by atoms with Gasteiger partial charge in [-0.2, -0.15) is 0 Å². The van der Waals surface area contributed by atoms with Crippen molar-refractivity contribution in [3.8, 4) is 0 Å². The number of carbonyl (C=O) groups excluding carboxylic acids is 1. The minimum atomic E-state index is -0.757. The van der Waals surface area contributed by atoms with Crippen LogP contribution in [0, 0.1) is 5.92 Å². The second-order valence-corrected chi connectivity index (χ2v) is 10.5. The van der Waals surface area contributed by atoms with Gasteiger partial charge < -0.3 is 20.0 Å². The van der Waals surface area contributed by atoms with Crippen LogP contribution in [0.1, 0.15) is 78.5 Å². The van der Waals surface area contributed by atoms with E-state index in [0.717, 1.165) is 66.4 Å². The van der Waals surface area contributed by atoms with Crippen molar-refractivity contribution < 1.29 is 14.3 Å². The minimum Gasteiger partial charge on any atom is -0.452 e. The van der Waals surface area contributed by atoms with Gasteiger partial charge in [-0.05, 0) is 98.9 Å². The van der Waals surface area contributed by atoms with Crippen molar-refractivity contribution in [1.82, 2.24) is 0 Å². The van der Waals surface area contributed by atoms with Crippen LogP contribution in [0.2, 0.25) is 5.02 Å². The summed E-state index contributed by atoms with van der Waals surface area (Å²) in [4.78, 5) is 8.58. The van der Waals surface area contributed by atoms with Gasteiger partial charge >= 0.3 is 0 Å². The molecule has 7 heteroatoms. The Labute approximate surface area is 192 Å². The van der Waals surface area contributed by atoms with Gasteiger partial charge in [0, 0.05) is 28.5 Å². The summed E-state index contributed by atoms with van der Waals surface area (Å²) in [7, 11) is 0. The number of primary amides is 1. The number of rotatable bonds is 3. The number of amides is 1. The van der Waals surface area contributed by atoms with Crippen LogP contribution in [0.25, 0.3) is 0 Å². The number of hydrogen-bond acceptors (Lipinski definition) is 5. The summed E-state index contributed by atoms with van der Waals surface area (Å²) in [5, 5.41) is 13.0. The molecule has 0 radical (unpaired) electrons. The molecule has 4 aliphatic carbocycles. The second kappa shape index (κ2) is 8.05. The van der Waals surface area contributed by atoms with E-state index in [1.54, 1.807) is 11.9 Å². The van der Waals surface area contributed by atoms with E-state index in [1.807, 2.05) is 6.92 Å². The van der Waals surface area contributed by atoms with Crippen molar-refractivity contribution >= 4 is 35.6 Å². The Morgan fingerprint density at radius 1 is 1.19 bits per heavy atom. The highest BCUT2D eigenvalue weighted by atomic mass is 35.5. The van der Waals surface area contributed by atoms with Crippen LogP contribution in [0.5, 0.6) is 0 Å². The first kappa shape index (κ1) is 21.2. The van der Waals surface area contributed by atoms with Gasteiger partial charge in [0.05, 0.1) is 11.3 Å². The predicted molar refractivity (Wildman–Crippen MR) is 124 cm³/mol. The Morgan fingerprint density at radius 3 is 2.45 bits per heavy atom. The molecule has 0 aliphatic heterocycles. The van der Waals surface area contributed by atoms with E-state index in [1.165, 1.54) is 40.8 Å². The van der Waals surface area contributed by atoms with Gasteiger partial charge in [0.25, 0.3) is 0 Å². The zero-order valence-corrected chi connectivity index (χ0v) is 19.4. The van der Waals surface area contributed by atoms with Crippen molar-refractivity contribution in [1.29, 1.82) is 0 Å². The maximum absolute atomic E-state index is 11.1. The maximum atomic E-state index is 11.1. The molecule has 4 N–H and O–H groups in total. The van der Waals surface area contributed by atoms with Gasteiger partial charge in [-0.15, -0.1) is 0 Å². The summed E-state index contributed by atoms with van der Waals surface area (Å²) in [6.07, 6.45) is 10.3. The zero-order valence-electron chi connectivity index (χ0n) is 17.8. The van der Waals surface area contributed by atoms with Crippen LogP contribution >= 0.6 is 23.5 Å². The molecule has 2 aromatic rings. The fourth-order valence-electron chi connectivity index (χ4n) is 6.19. The van der Waals surface area contributed by atoms with Crippen molar-refractivity contribution in [3.63, 3.8) is 0 Å². The molecule has 4 aliphatic rings. The number of anilines is 1. The highest BCUT2D eigenvalue weighted by Gasteiger charge is 2.48. The quantitative estimate of drug-likeness (QED) is 0.430. The standard InChI is InChI=1S/C23H26ClNO2S.CH3NO/c1-23(26)13-9-8-12(10-13)22-18(23)11-19(27-22)28-25-21-16-6-2-4-14(16)20(24)15-5-3-7-17(15)21;2-1-3/h11-13,25-26H,2-10H2,1H3;1H,(H2,2,3). The van der Waals surface area contributed by atoms with Crippen molar-refractivity contribution in [2.45, 2.75) is 81.3 Å². The van der Waals surface area contributed by atoms with Crippen LogP contribution in [-0.2, 0) is 36.1 Å². The number of benzene rings is 1. The summed E-state index contributed by atoms with van der Waals surface area (Å²) < 4.78 is 9.92. The molecule has 1 fully saturated rings. The number of halogens is 1. The van der Waals surface area contributed by atoms with Gasteiger partial charge in [0.1, 0.15) is 5.76 Å². The Balaban J connectivity index is 0.000000646. The first-order valence-corrected chi connectivity index (χ1v) is 12.4. The fourth-order valence-corrected chi connectivity index (χ4v) is 7.37. The molecule has 6 rings (SSSR count). The Bertz CT molecular complexity index is 997. The van der Waals surface area contributed by atoms with Crippen LogP contribution in [0.4, 0.5) is 5.69 Å². The SMILES string of the molecule is CC1(O)c2cc(SNc3c4c(c(Cl)c5c3CCC5)CCC4)oc2C2CCC1C2.NC=O. The summed E-state index contributed by atoms with van der Waals surface area (Å²) in [5.41, 5.74) is 11.3. The molecule has 5 nitrogen and oxygen atoms in total. The van der Waals surface area contributed by atoms with E-state index in [-0.39, 0.29) is 6.41 Å². The van der Waals surface area contributed by atoms with Gasteiger partial charge in [-0.25, -0.2) is 0 Å². The maximum Gasteiger partial charge on any atom is 0.204 e. The number of nitrogens with two attached hydrogens (primary N) is 1. The Hall–Kier alpha value is -1.63. The fraction of sp³-hybridized carbons (Fsp3) is 0.542. The first-order chi connectivity index (χ1) is 15.0. The predicted octanol–water partition coefficient (Wildman–Crippen LogP) is 5.24. The lowest BCUT2D eigenvalue weighted by Crippen LogP contribution is -2.33. The molecular formula is C24H29ClN2O3S. The normalized spacial score (nSPS) is 27.2. The molecule has 1 aromatic carbocycles. The van der Waals surface area contributed by atoms with Crippen molar-refractivity contribution in [3.05, 3.63) is 44.7 Å². The lowest BCUT2D eigenvalue weighted by Gasteiger charge is -2.33. The number of hydrogen-bond donors (Lipinski definition) is 3. The third-order valence-corrected chi connectivity index (χ3v) is 8.87. The first-order valence-electron chi connectivity index (χ1n) is 11.3. The highest BCUT2D eigenvalue weighted by Crippen LogP contribution is 2.55. The van der Waals surface area contributed by atoms with Crippen LogP contribution < -0.4 is 10.5 Å². The van der Waals surface area contributed by atoms with Gasteiger partial charge in [0.15, 0.2) is 5.09 Å². The molecule has 2 bridgehead atoms. The van der Waals surface area contributed by atoms with E-state index in [0.29, 0.717) is 11.8 Å². The lowest BCUT2D eigenvalue weighted by atomic mass is 9.76. The molecule has 1 saturated carbocycles. The zero-order chi connectivity index (χ0) is 21.8. The topological polar surface area (TPSA) is 88.5 Å². The molecule has 166 valence electrons. The molecule has 3 unspecified atom stereocenters. The number of furan rings is 1. The smallest absolute Gasteiger partial charge is 0.204 e. The molecule has 0 saturated heterocycles. The molecule has 1 aromatic heterocycles. The van der Waals surface area contributed by atoms with Gasteiger partial charge in [0.2, 0.25) is 6.41 Å². The summed E-state index contributed by atoms with van der Waals surface area (Å²) in [6.45, 7) is 1.97. The summed E-state index contributed by atoms with van der Waals surface area (Å²) in [6, 6.07) is 2.08. The molecule has 0 spiro atoms. The number of nitrogens with one attached hydrogen (secondary N) is 1. The van der Waals surface area contributed by atoms with E-state index in [2.05, 4.69) is 16.5 Å². The Morgan fingerprint density at radius 2 is 1.81 bits per heavy atom. The Kier molecular flexibility index (Phi) is 5.51. The minimum absolute atomic E-state index is 0.250. The van der Waals surface area contributed by atoms with E-state index in [9.17, 15) is 5.11 Å². The van der Waals surface area contributed by atoms with Crippen molar-refractivity contribution in [2.24, 2.45) is 11.7 Å². The third-order valence-electron chi connectivity index (χ3n) is 7.70. The number of carbonyl (C=O) groups is 1. The van der Waals surface area contributed by atoms with Crippen LogP contribution in [0.3, 0.4) is 0 Å². The van der Waals surface area contributed by atoms with Gasteiger partial charge in [-0.1, -0.05) is 11.6 Å². The highest BCUT2D eigenvalue weighted by molar-refractivity contribution is 8.00. The van der Waals surface area contributed by atoms with Crippen molar-refractivity contribution in [2.75, 3.05) is 4.72 Å². The number of fused-ring (bicyclic) bond motifs is 6. The van der Waals surface area contributed by atoms with Gasteiger partial charge in [-0.3, -0.25) is 4.79 Å². The van der Waals surface area contributed by atoms with E-state index in [4.69, 9.17) is 20.8 Å². The number of aliphatic hydroxyl groups is 1. The average molecular weight is 461 g/mol. The average Bonchev–Trinajstić information content (AvgIpc) is 3.52. The molecule has 3 atom stereocenters. The molecule has 31 heavy (non-hydrogen) atoms. The molecule has 1 amide bonds. The largest absolute Gasteiger partial charge is 0.452 e.